The van der Waals surface area contributed by atoms with E-state index in [1.54, 1.807) is 108 Å². The molecule has 1 saturated heterocycles. The maximum Gasteiger partial charge on any atom is 0.290 e. The van der Waals surface area contributed by atoms with E-state index in [9.17, 15) is 34.8 Å². The standard InChI is InChI=1S/2C23H24N4O3S.C22H24N4O2S.3CH2O2/c1-16(28)26-13-9-18-14-19(5-6-22(18)26)31(29,30)27-15-21(17-7-11-25(2)12-8-17)20-4-3-10-24-23(20)27;1-25-14-10-17(11-15-25)20-16-27(21-4-2-12-24-23(20)21)31(29,30)19-8-6-18(7-9-19)26-13-3-5-22(26)28;1-24-11-7-16(8-12-24)20-15-26(22-19(20)4-3-10-23-22)29(27,28)18-5-6-21-17(14-18)9-13-25(21)2;3*2-1-3/h3-7,10,14-15H,8-9,11-13H2,1-2H3;2,4,6-10,12,16H,3,5,11,13-15H2,1H3;3-7,10,14-15H,8-9,11-13H2,1-2H3;3*1H,(H,2,3). The van der Waals surface area contributed by atoms with E-state index in [-0.39, 0.29) is 41.0 Å². The third-order valence-corrected chi connectivity index (χ3v) is 23.2. The van der Waals surface area contributed by atoms with Crippen LogP contribution in [0.15, 0.2) is 167 Å². The van der Waals surface area contributed by atoms with Crippen LogP contribution >= 0.6 is 0 Å². The normalized spacial score (nSPS) is 16.4. The van der Waals surface area contributed by atoms with E-state index >= 15 is 0 Å². The van der Waals surface area contributed by atoms with Crippen molar-refractivity contribution in [3.63, 3.8) is 0 Å². The lowest BCUT2D eigenvalue weighted by Gasteiger charge is -2.21. The molecule has 0 radical (unpaired) electrons. The number of nitrogens with zero attached hydrogens (tertiary/aromatic N) is 12. The van der Waals surface area contributed by atoms with E-state index in [1.807, 2.05) is 43.4 Å². The molecule has 0 atom stereocenters. The van der Waals surface area contributed by atoms with Crippen LogP contribution in [0.25, 0.3) is 49.8 Å². The third kappa shape index (κ3) is 15.2. The molecule has 0 unspecified atom stereocenters. The number of fused-ring (bicyclic) bond motifs is 5. The molecule has 3 aromatic carbocycles. The zero-order valence-electron chi connectivity index (χ0n) is 55.9. The number of hydrogen-bond acceptors (Lipinski definition) is 18. The van der Waals surface area contributed by atoms with Crippen LogP contribution in [0.4, 0.5) is 17.1 Å². The summed E-state index contributed by atoms with van der Waals surface area (Å²) in [5, 5.41) is 22.4. The number of carbonyl (C=O) groups excluding carboxylic acids is 2. The zero-order valence-corrected chi connectivity index (χ0v) is 58.4. The van der Waals surface area contributed by atoms with E-state index in [2.05, 4.69) is 73.9 Å². The summed E-state index contributed by atoms with van der Waals surface area (Å²) in [4.78, 5) is 75.2. The number of hydrogen-bond donors (Lipinski definition) is 3. The smallest absolute Gasteiger partial charge is 0.290 e. The highest BCUT2D eigenvalue weighted by Crippen LogP contribution is 2.38. The highest BCUT2D eigenvalue weighted by Gasteiger charge is 2.31. The lowest BCUT2D eigenvalue weighted by atomic mass is 10.00. The highest BCUT2D eigenvalue weighted by molar-refractivity contribution is 7.90. The number of pyridine rings is 3. The van der Waals surface area contributed by atoms with Gasteiger partial charge in [0.25, 0.3) is 49.5 Å². The predicted octanol–water partition coefficient (Wildman–Crippen LogP) is 8.11. The topological polar surface area (TPSA) is 321 Å². The van der Waals surface area contributed by atoms with Crippen LogP contribution in [-0.4, -0.2) is 200 Å². The number of benzene rings is 3. The number of rotatable bonds is 10. The van der Waals surface area contributed by atoms with Gasteiger partial charge in [0.1, 0.15) is 0 Å². The van der Waals surface area contributed by atoms with Gasteiger partial charge in [0.15, 0.2) is 11.3 Å². The minimum atomic E-state index is -3.84. The lowest BCUT2D eigenvalue weighted by Crippen LogP contribution is -2.25. The fraction of sp³-hybridized carbons (Fsp3) is 0.296. The molecule has 0 bridgehead atoms. The molecule has 9 aromatic rings. The number of carboxylic acid groups (broad SMARTS) is 3. The number of carbonyl (C=O) groups is 5. The molecule has 6 aromatic heterocycles. The molecule has 6 aliphatic heterocycles. The maximum atomic E-state index is 13.6. The van der Waals surface area contributed by atoms with Gasteiger partial charge in [0, 0.05) is 161 Å². The van der Waals surface area contributed by atoms with Crippen molar-refractivity contribution in [2.75, 3.05) is 102 Å². The largest absolute Gasteiger partial charge is 0.483 e. The summed E-state index contributed by atoms with van der Waals surface area (Å²) in [6, 6.07) is 28.1. The van der Waals surface area contributed by atoms with Gasteiger partial charge in [-0.3, -0.25) is 29.0 Å². The molecule has 1 fully saturated rings. The summed E-state index contributed by atoms with van der Waals surface area (Å²) in [7, 11) is -3.12. The summed E-state index contributed by atoms with van der Waals surface area (Å²) >= 11 is 0. The maximum absolute atomic E-state index is 13.6. The first-order valence-electron chi connectivity index (χ1n) is 32.2. The van der Waals surface area contributed by atoms with Crippen molar-refractivity contribution in [2.24, 2.45) is 0 Å². The van der Waals surface area contributed by atoms with Crippen LogP contribution < -0.4 is 14.7 Å². The molecule has 15 rings (SSSR count). The van der Waals surface area contributed by atoms with E-state index < -0.39 is 30.1 Å². The minimum absolute atomic E-state index is 0.0361. The number of anilines is 3. The molecule has 2 amide bonds. The Labute approximate surface area is 579 Å². The lowest BCUT2D eigenvalue weighted by molar-refractivity contribution is -0.123. The predicted molar refractivity (Wildman–Crippen MR) is 383 cm³/mol. The average molecular weight is 1420 g/mol. The first kappa shape index (κ1) is 72.6. The molecule has 12 heterocycles. The molecule has 0 spiro atoms. The molecule has 0 aliphatic carbocycles. The first-order valence-corrected chi connectivity index (χ1v) is 36.5. The molecule has 26 nitrogen and oxygen atoms in total. The van der Waals surface area contributed by atoms with Crippen LogP contribution in [0.3, 0.4) is 0 Å². The number of aromatic nitrogens is 6. The van der Waals surface area contributed by atoms with Gasteiger partial charge >= 0.3 is 0 Å². The van der Waals surface area contributed by atoms with Gasteiger partial charge in [-0.2, -0.15) is 0 Å². The Morgan fingerprint density at radius 2 is 0.910 bits per heavy atom. The molecular formula is C71H78N12O14S3. The second-order valence-corrected chi connectivity index (χ2v) is 30.0. The van der Waals surface area contributed by atoms with Crippen molar-refractivity contribution in [1.29, 1.82) is 0 Å². The highest BCUT2D eigenvalue weighted by atomic mass is 32.2. The number of likely N-dealkylation sites (N-methyl/N-ethyl adjacent to an activating group) is 4. The summed E-state index contributed by atoms with van der Waals surface area (Å²) in [6.45, 7) is 8.30. The van der Waals surface area contributed by atoms with Gasteiger partial charge in [0.05, 0.1) is 25.7 Å². The van der Waals surface area contributed by atoms with Gasteiger partial charge in [-0.25, -0.2) is 47.1 Å². The van der Waals surface area contributed by atoms with Crippen LogP contribution in [0.5, 0.6) is 0 Å². The Hall–Kier alpha value is -10.2. The van der Waals surface area contributed by atoms with Crippen molar-refractivity contribution in [3.05, 3.63) is 180 Å². The summed E-state index contributed by atoms with van der Waals surface area (Å²) in [5.74, 6) is 0.0418. The fourth-order valence-electron chi connectivity index (χ4n) is 13.1. The Morgan fingerprint density at radius 1 is 0.480 bits per heavy atom. The Morgan fingerprint density at radius 3 is 1.38 bits per heavy atom. The van der Waals surface area contributed by atoms with E-state index in [1.165, 1.54) is 24.4 Å². The Balaban J connectivity index is 0.000000153. The monoisotopic (exact) mass is 1420 g/mol. The van der Waals surface area contributed by atoms with E-state index in [4.69, 9.17) is 29.7 Å². The van der Waals surface area contributed by atoms with Crippen LogP contribution in [0.1, 0.15) is 66.8 Å². The molecule has 29 heteroatoms. The second kappa shape index (κ2) is 31.4. The average Bonchev–Trinajstić information content (AvgIpc) is 1.60. The molecule has 524 valence electrons. The Bertz CT molecular complexity index is 5010. The minimum Gasteiger partial charge on any atom is -0.483 e. The van der Waals surface area contributed by atoms with Crippen molar-refractivity contribution in [3.8, 4) is 0 Å². The summed E-state index contributed by atoms with van der Waals surface area (Å²) < 4.78 is 85.4. The van der Waals surface area contributed by atoms with Crippen molar-refractivity contribution in [2.45, 2.75) is 66.6 Å². The van der Waals surface area contributed by atoms with Crippen LogP contribution in [0.2, 0.25) is 0 Å². The second-order valence-electron chi connectivity index (χ2n) is 24.5. The first-order chi connectivity index (χ1) is 48.0. The van der Waals surface area contributed by atoms with Gasteiger partial charge < -0.3 is 44.7 Å². The molecule has 3 N–H and O–H groups in total. The number of amides is 2. The van der Waals surface area contributed by atoms with E-state index in [0.29, 0.717) is 53.2 Å². The fourth-order valence-corrected chi connectivity index (χ4v) is 17.2. The summed E-state index contributed by atoms with van der Waals surface area (Å²) in [5.41, 5.74) is 13.0. The molecule has 6 aliphatic rings. The van der Waals surface area contributed by atoms with Crippen molar-refractivity contribution < 1.29 is 64.5 Å². The quantitative estimate of drug-likeness (QED) is 0.109. The van der Waals surface area contributed by atoms with Crippen LogP contribution in [-0.2, 0) is 66.9 Å². The van der Waals surface area contributed by atoms with Gasteiger partial charge in [0.2, 0.25) is 11.8 Å². The van der Waals surface area contributed by atoms with Crippen molar-refractivity contribution >= 4 is 128 Å². The van der Waals surface area contributed by atoms with Crippen molar-refractivity contribution in [1.82, 2.24) is 41.6 Å². The molecule has 100 heavy (non-hydrogen) atoms. The van der Waals surface area contributed by atoms with Crippen LogP contribution in [0, 0.1) is 0 Å². The van der Waals surface area contributed by atoms with Gasteiger partial charge in [-0.05, 0) is 185 Å². The van der Waals surface area contributed by atoms with E-state index in [0.717, 1.165) is 145 Å². The van der Waals surface area contributed by atoms with Gasteiger partial charge in [-0.15, -0.1) is 0 Å². The SMILES string of the molecule is CC(=O)N1CCc2cc(S(=O)(=O)n3cc(C4=CCN(C)CC4)c4cccnc43)ccc21.CN1CC=C(c2cn(S(=O)(=O)c3ccc(N4CCCC4=O)cc3)c3cccnc23)CC1.CN1CC=C(c2cn(S(=O)(=O)c3ccc4c(c3)CCN4C)c3ncccc23)CC1.O=CO.O=CO.O=CO. The molecule has 0 saturated carbocycles. The summed E-state index contributed by atoms with van der Waals surface area (Å²) in [6.07, 6.45) is 22.1. The zero-order chi connectivity index (χ0) is 71.6. The Kier molecular flexibility index (Phi) is 22.8. The van der Waals surface area contributed by atoms with Gasteiger partial charge in [-0.1, -0.05) is 18.2 Å². The molecular weight excluding hydrogens is 1340 g/mol. The third-order valence-electron chi connectivity index (χ3n) is 18.3.